The molecule has 2 atom stereocenters. The fourth-order valence-corrected chi connectivity index (χ4v) is 6.13. The van der Waals surface area contributed by atoms with Gasteiger partial charge in [0.1, 0.15) is 5.82 Å². The van der Waals surface area contributed by atoms with Crippen LogP contribution in [0, 0.1) is 5.82 Å². The number of benzene rings is 2. The molecule has 1 aliphatic rings. The Bertz CT molecular complexity index is 1220. The first-order valence-corrected chi connectivity index (χ1v) is 12.8. The zero-order chi connectivity index (χ0) is 24.3. The van der Waals surface area contributed by atoms with Crippen LogP contribution < -0.4 is 5.32 Å². The number of rotatable bonds is 6. The van der Waals surface area contributed by atoms with Crippen molar-refractivity contribution < 1.29 is 22.8 Å². The molecule has 0 radical (unpaired) electrons. The van der Waals surface area contributed by atoms with Crippen LogP contribution in [0.3, 0.4) is 0 Å². The highest BCUT2D eigenvalue weighted by molar-refractivity contribution is 7.53. The minimum Gasteiger partial charge on any atom is -0.323 e. The van der Waals surface area contributed by atoms with Crippen LogP contribution in [0.2, 0.25) is 0 Å². The van der Waals surface area contributed by atoms with Gasteiger partial charge in [0.2, 0.25) is 5.91 Å². The van der Waals surface area contributed by atoms with Gasteiger partial charge in [-0.15, -0.1) is 0 Å². The van der Waals surface area contributed by atoms with Gasteiger partial charge in [0.15, 0.2) is 0 Å². The van der Waals surface area contributed by atoms with Crippen molar-refractivity contribution in [1.82, 2.24) is 9.78 Å². The van der Waals surface area contributed by atoms with Gasteiger partial charge in [-0.25, -0.2) is 4.39 Å². The zero-order valence-corrected chi connectivity index (χ0v) is 20.2. The minimum absolute atomic E-state index is 0.108. The molecule has 2 unspecified atom stereocenters. The SMILES string of the molecule is CC1CC(C)OP(=O)(Cc2ccc(NC(=O)/C=C/c3cnn(C)c3-c3ccc(F)cc3)cc2)O1. The lowest BCUT2D eigenvalue weighted by Crippen LogP contribution is -2.24. The summed E-state index contributed by atoms with van der Waals surface area (Å²) >= 11 is 0. The van der Waals surface area contributed by atoms with E-state index in [1.807, 2.05) is 13.8 Å². The standard InChI is InChI=1S/C25H27FN3O4P/c1-17-14-18(2)33-34(31,32-17)16-19-4-11-23(12-5-19)28-24(30)13-8-21-15-27-29(3)25(21)20-6-9-22(26)10-7-20/h4-13,15,17-18H,14,16H2,1-3H3,(H,28,30)/b13-8+. The molecule has 4 rings (SSSR count). The summed E-state index contributed by atoms with van der Waals surface area (Å²) < 4.78 is 39.0. The molecule has 2 heterocycles. The van der Waals surface area contributed by atoms with E-state index >= 15 is 0 Å². The molecule has 1 aromatic heterocycles. The predicted octanol–water partition coefficient (Wildman–Crippen LogP) is 5.79. The molecule has 1 amide bonds. The van der Waals surface area contributed by atoms with E-state index in [9.17, 15) is 13.8 Å². The van der Waals surface area contributed by atoms with Crippen LogP contribution in [0.5, 0.6) is 0 Å². The lowest BCUT2D eigenvalue weighted by Gasteiger charge is -2.32. The van der Waals surface area contributed by atoms with Gasteiger partial charge in [0.25, 0.3) is 0 Å². The Morgan fingerprint density at radius 1 is 1.15 bits per heavy atom. The Hall–Kier alpha value is -3.06. The van der Waals surface area contributed by atoms with E-state index in [4.69, 9.17) is 9.05 Å². The van der Waals surface area contributed by atoms with Gasteiger partial charge in [0, 0.05) is 36.4 Å². The normalized spacial score (nSPS) is 22.7. The summed E-state index contributed by atoms with van der Waals surface area (Å²) in [6.07, 6.45) is 5.42. The number of halogens is 1. The van der Waals surface area contributed by atoms with E-state index in [1.54, 1.807) is 60.4 Å². The highest BCUT2D eigenvalue weighted by atomic mass is 31.2. The number of anilines is 1. The average molecular weight is 483 g/mol. The van der Waals surface area contributed by atoms with Crippen LogP contribution in [0.1, 0.15) is 31.4 Å². The molecule has 178 valence electrons. The third-order valence-corrected chi connectivity index (χ3v) is 7.56. The molecule has 0 bridgehead atoms. The molecule has 0 aliphatic carbocycles. The van der Waals surface area contributed by atoms with E-state index < -0.39 is 7.60 Å². The van der Waals surface area contributed by atoms with E-state index in [0.29, 0.717) is 12.1 Å². The second kappa shape index (κ2) is 10.1. The largest absolute Gasteiger partial charge is 0.335 e. The van der Waals surface area contributed by atoms with Crippen molar-refractivity contribution in [1.29, 1.82) is 0 Å². The fourth-order valence-electron chi connectivity index (χ4n) is 4.01. The van der Waals surface area contributed by atoms with E-state index in [0.717, 1.165) is 22.4 Å². The molecule has 3 aromatic rings. The zero-order valence-electron chi connectivity index (χ0n) is 19.3. The van der Waals surface area contributed by atoms with Crippen molar-refractivity contribution in [3.8, 4) is 11.3 Å². The predicted molar refractivity (Wildman–Crippen MR) is 130 cm³/mol. The van der Waals surface area contributed by atoms with Gasteiger partial charge < -0.3 is 14.4 Å². The van der Waals surface area contributed by atoms with Gasteiger partial charge >= 0.3 is 7.60 Å². The number of aromatic nitrogens is 2. The van der Waals surface area contributed by atoms with Crippen LogP contribution in [0.15, 0.2) is 60.8 Å². The number of hydrogen-bond acceptors (Lipinski definition) is 5. The maximum absolute atomic E-state index is 13.3. The van der Waals surface area contributed by atoms with Crippen molar-refractivity contribution in [2.75, 3.05) is 5.32 Å². The second-order valence-electron chi connectivity index (χ2n) is 8.44. The molecule has 1 fully saturated rings. The molecular formula is C25H27FN3O4P. The highest BCUT2D eigenvalue weighted by Gasteiger charge is 2.35. The van der Waals surface area contributed by atoms with Gasteiger partial charge in [-0.1, -0.05) is 12.1 Å². The molecule has 1 N–H and O–H groups in total. The number of amides is 1. The Morgan fingerprint density at radius 2 is 1.79 bits per heavy atom. The first kappa shape index (κ1) is 24.1. The Labute approximate surface area is 198 Å². The Balaban J connectivity index is 1.39. The Morgan fingerprint density at radius 3 is 2.44 bits per heavy atom. The summed E-state index contributed by atoms with van der Waals surface area (Å²) in [5.74, 6) is -0.625. The number of nitrogens with zero attached hydrogens (tertiary/aromatic N) is 2. The summed E-state index contributed by atoms with van der Waals surface area (Å²) in [5.41, 5.74) is 3.72. The fraction of sp³-hybridized carbons (Fsp3) is 0.280. The average Bonchev–Trinajstić information content (AvgIpc) is 3.13. The van der Waals surface area contributed by atoms with Crippen molar-refractivity contribution in [2.45, 2.75) is 38.6 Å². The minimum atomic E-state index is -3.19. The summed E-state index contributed by atoms with van der Waals surface area (Å²) in [7, 11) is -1.40. The summed E-state index contributed by atoms with van der Waals surface area (Å²) in [5, 5.41) is 7.05. The number of hydrogen-bond donors (Lipinski definition) is 1. The van der Waals surface area contributed by atoms with Gasteiger partial charge in [0.05, 0.1) is 30.3 Å². The molecule has 1 aliphatic heterocycles. The van der Waals surface area contributed by atoms with E-state index in [-0.39, 0.29) is 30.1 Å². The first-order chi connectivity index (χ1) is 16.2. The Kier molecular flexibility index (Phi) is 7.12. The van der Waals surface area contributed by atoms with Crippen molar-refractivity contribution in [3.05, 3.63) is 77.7 Å². The van der Waals surface area contributed by atoms with Gasteiger partial charge in [-0.05, 0) is 61.9 Å². The van der Waals surface area contributed by atoms with Crippen LogP contribution in [-0.2, 0) is 31.6 Å². The van der Waals surface area contributed by atoms with Crippen LogP contribution in [0.25, 0.3) is 17.3 Å². The second-order valence-corrected chi connectivity index (χ2v) is 10.4. The maximum atomic E-state index is 13.3. The smallest absolute Gasteiger partial charge is 0.323 e. The van der Waals surface area contributed by atoms with Crippen LogP contribution in [-0.4, -0.2) is 27.9 Å². The third kappa shape index (κ3) is 5.89. The lowest BCUT2D eigenvalue weighted by atomic mass is 10.1. The number of carbonyl (C=O) groups excluding carboxylic acids is 1. The topological polar surface area (TPSA) is 82.5 Å². The third-order valence-electron chi connectivity index (χ3n) is 5.44. The summed E-state index contributed by atoms with van der Waals surface area (Å²) in [6.45, 7) is 3.79. The molecule has 7 nitrogen and oxygen atoms in total. The van der Waals surface area contributed by atoms with E-state index in [1.165, 1.54) is 18.2 Å². The van der Waals surface area contributed by atoms with Crippen molar-refractivity contribution in [2.24, 2.45) is 7.05 Å². The molecular weight excluding hydrogens is 456 g/mol. The van der Waals surface area contributed by atoms with Crippen molar-refractivity contribution >= 4 is 25.3 Å². The summed E-state index contributed by atoms with van der Waals surface area (Å²) in [6, 6.07) is 13.2. The number of carbonyl (C=O) groups is 1. The highest BCUT2D eigenvalue weighted by Crippen LogP contribution is 2.56. The maximum Gasteiger partial charge on any atom is 0.335 e. The molecule has 2 aromatic carbocycles. The van der Waals surface area contributed by atoms with Gasteiger partial charge in [-0.2, -0.15) is 5.10 Å². The molecule has 0 saturated carbocycles. The van der Waals surface area contributed by atoms with Crippen LogP contribution in [0.4, 0.5) is 10.1 Å². The molecule has 0 spiro atoms. The van der Waals surface area contributed by atoms with Gasteiger partial charge in [-0.3, -0.25) is 14.0 Å². The molecule has 1 saturated heterocycles. The number of nitrogens with one attached hydrogen (secondary N) is 1. The molecule has 34 heavy (non-hydrogen) atoms. The first-order valence-electron chi connectivity index (χ1n) is 11.0. The quantitative estimate of drug-likeness (QED) is 0.355. The molecule has 9 heteroatoms. The lowest BCUT2D eigenvalue weighted by molar-refractivity contribution is -0.111. The van der Waals surface area contributed by atoms with Crippen LogP contribution >= 0.6 is 7.60 Å². The number of aryl methyl sites for hydroxylation is 1. The summed E-state index contributed by atoms with van der Waals surface area (Å²) in [4.78, 5) is 12.5. The van der Waals surface area contributed by atoms with E-state index in [2.05, 4.69) is 10.4 Å². The van der Waals surface area contributed by atoms with Crippen molar-refractivity contribution in [3.63, 3.8) is 0 Å². The monoisotopic (exact) mass is 483 g/mol.